The first-order valence-corrected chi connectivity index (χ1v) is 7.24. The van der Waals surface area contributed by atoms with E-state index in [0.29, 0.717) is 25.9 Å². The molecule has 1 aromatic carbocycles. The molecule has 0 aliphatic carbocycles. The average molecular weight is 291 g/mol. The predicted octanol–water partition coefficient (Wildman–Crippen LogP) is 1.97. The topological polar surface area (TPSA) is 77.8 Å². The largest absolute Gasteiger partial charge is 0.479 e. The minimum absolute atomic E-state index is 0.396. The third-order valence-electron chi connectivity index (χ3n) is 4.91. The molecule has 0 spiro atoms. The first-order chi connectivity index (χ1) is 9.97. The van der Waals surface area contributed by atoms with Crippen LogP contribution >= 0.6 is 0 Å². The van der Waals surface area contributed by atoms with Gasteiger partial charge in [-0.2, -0.15) is 0 Å². The Morgan fingerprint density at radius 2 is 1.71 bits per heavy atom. The molecule has 1 fully saturated rings. The zero-order valence-electron chi connectivity index (χ0n) is 12.4. The Balaban J connectivity index is 2.75. The highest BCUT2D eigenvalue weighted by molar-refractivity contribution is 6.06. The molecule has 1 atom stereocenters. The molecule has 0 saturated carbocycles. The molecule has 1 saturated heterocycles. The molecule has 0 radical (unpaired) electrons. The van der Waals surface area contributed by atoms with Crippen molar-refractivity contribution in [1.82, 2.24) is 4.90 Å². The van der Waals surface area contributed by atoms with Crippen LogP contribution in [0, 0.1) is 0 Å². The van der Waals surface area contributed by atoms with Crippen molar-refractivity contribution in [3.63, 3.8) is 0 Å². The molecule has 1 aromatic rings. The van der Waals surface area contributed by atoms with Crippen LogP contribution in [-0.4, -0.2) is 45.7 Å². The number of aliphatic carboxylic acids is 2. The molecule has 1 unspecified atom stereocenters. The summed E-state index contributed by atoms with van der Waals surface area (Å²) in [6, 6.07) is 9.18. The van der Waals surface area contributed by atoms with Gasteiger partial charge >= 0.3 is 11.9 Å². The van der Waals surface area contributed by atoms with Crippen molar-refractivity contribution in [2.45, 2.75) is 37.6 Å². The lowest BCUT2D eigenvalue weighted by atomic mass is 9.63. The summed E-state index contributed by atoms with van der Waals surface area (Å²) in [5.41, 5.74) is -2.03. The van der Waals surface area contributed by atoms with Crippen LogP contribution in [0.3, 0.4) is 0 Å². The summed E-state index contributed by atoms with van der Waals surface area (Å²) >= 11 is 0. The van der Waals surface area contributed by atoms with E-state index in [2.05, 4.69) is 0 Å². The quantitative estimate of drug-likeness (QED) is 0.811. The summed E-state index contributed by atoms with van der Waals surface area (Å²) < 4.78 is 0. The van der Waals surface area contributed by atoms with E-state index in [1.165, 1.54) is 0 Å². The van der Waals surface area contributed by atoms with Gasteiger partial charge in [0.2, 0.25) is 5.54 Å². The SMILES string of the molecule is CCN1CCC(CC)(c2ccccc2)C1(C(=O)O)C(=O)O. The number of hydrogen-bond donors (Lipinski definition) is 2. The van der Waals surface area contributed by atoms with Crippen LogP contribution in [-0.2, 0) is 15.0 Å². The fourth-order valence-corrected chi connectivity index (χ4v) is 3.89. The zero-order chi connectivity index (χ0) is 15.7. The van der Waals surface area contributed by atoms with E-state index in [1.807, 2.05) is 37.3 Å². The minimum atomic E-state index is -1.90. The van der Waals surface area contributed by atoms with Gasteiger partial charge in [0.05, 0.1) is 0 Å². The molecular formula is C16H21NO4. The molecular weight excluding hydrogens is 270 g/mol. The summed E-state index contributed by atoms with van der Waals surface area (Å²) in [5, 5.41) is 19.7. The molecule has 0 amide bonds. The summed E-state index contributed by atoms with van der Waals surface area (Å²) in [6.45, 7) is 4.54. The van der Waals surface area contributed by atoms with Crippen LogP contribution in [0.4, 0.5) is 0 Å². The van der Waals surface area contributed by atoms with Gasteiger partial charge in [0.25, 0.3) is 0 Å². The number of likely N-dealkylation sites (N-methyl/N-ethyl adjacent to an activating group) is 1. The molecule has 1 aliphatic rings. The van der Waals surface area contributed by atoms with Crippen LogP contribution in [0.2, 0.25) is 0 Å². The Morgan fingerprint density at radius 1 is 1.14 bits per heavy atom. The van der Waals surface area contributed by atoms with E-state index in [0.717, 1.165) is 5.56 Å². The third kappa shape index (κ3) is 1.87. The van der Waals surface area contributed by atoms with Crippen LogP contribution in [0.25, 0.3) is 0 Å². The van der Waals surface area contributed by atoms with Gasteiger partial charge in [-0.1, -0.05) is 44.2 Å². The second-order valence-corrected chi connectivity index (χ2v) is 5.45. The Bertz CT molecular complexity index is 528. The van der Waals surface area contributed by atoms with E-state index >= 15 is 0 Å². The maximum Gasteiger partial charge on any atom is 0.336 e. The van der Waals surface area contributed by atoms with Crippen molar-refractivity contribution in [2.75, 3.05) is 13.1 Å². The molecule has 5 nitrogen and oxygen atoms in total. The van der Waals surface area contributed by atoms with E-state index in [4.69, 9.17) is 0 Å². The fourth-order valence-electron chi connectivity index (χ4n) is 3.89. The second kappa shape index (κ2) is 5.48. The van der Waals surface area contributed by atoms with Crippen LogP contribution in [0.15, 0.2) is 30.3 Å². The Morgan fingerprint density at radius 3 is 2.14 bits per heavy atom. The van der Waals surface area contributed by atoms with Gasteiger partial charge in [0, 0.05) is 12.0 Å². The van der Waals surface area contributed by atoms with E-state index in [-0.39, 0.29) is 0 Å². The first kappa shape index (κ1) is 15.5. The summed E-state index contributed by atoms with van der Waals surface area (Å²) in [5.74, 6) is -2.56. The van der Waals surface area contributed by atoms with E-state index in [1.54, 1.807) is 11.8 Å². The van der Waals surface area contributed by atoms with Gasteiger partial charge in [-0.15, -0.1) is 0 Å². The standard InChI is InChI=1S/C16H21NO4/c1-3-15(12-8-6-5-7-9-12)10-11-17(4-2)16(15,13(18)19)14(20)21/h5-9H,3-4,10-11H2,1-2H3,(H,18,19)(H,20,21). The van der Waals surface area contributed by atoms with Crippen molar-refractivity contribution in [1.29, 1.82) is 0 Å². The molecule has 0 bridgehead atoms. The lowest BCUT2D eigenvalue weighted by molar-refractivity contribution is -0.170. The van der Waals surface area contributed by atoms with Crippen molar-refractivity contribution in [3.8, 4) is 0 Å². The molecule has 1 aliphatic heterocycles. The van der Waals surface area contributed by atoms with Crippen LogP contribution < -0.4 is 0 Å². The number of carboxylic acid groups (broad SMARTS) is 2. The number of hydrogen-bond acceptors (Lipinski definition) is 3. The van der Waals surface area contributed by atoms with E-state index in [9.17, 15) is 19.8 Å². The highest BCUT2D eigenvalue weighted by Crippen LogP contribution is 2.50. The number of carbonyl (C=O) groups is 2. The number of rotatable bonds is 5. The van der Waals surface area contributed by atoms with Crippen LogP contribution in [0.1, 0.15) is 32.3 Å². The molecule has 2 rings (SSSR count). The maximum atomic E-state index is 12.1. The average Bonchev–Trinajstić information content (AvgIpc) is 2.84. The van der Waals surface area contributed by atoms with Gasteiger partial charge in [-0.3, -0.25) is 4.90 Å². The zero-order valence-corrected chi connectivity index (χ0v) is 12.4. The van der Waals surface area contributed by atoms with Crippen LogP contribution in [0.5, 0.6) is 0 Å². The van der Waals surface area contributed by atoms with Gasteiger partial charge in [0.1, 0.15) is 0 Å². The third-order valence-corrected chi connectivity index (χ3v) is 4.91. The molecule has 1 heterocycles. The minimum Gasteiger partial charge on any atom is -0.479 e. The Labute approximate surface area is 124 Å². The van der Waals surface area contributed by atoms with Crippen molar-refractivity contribution < 1.29 is 19.8 Å². The van der Waals surface area contributed by atoms with Gasteiger partial charge < -0.3 is 10.2 Å². The second-order valence-electron chi connectivity index (χ2n) is 5.45. The lowest BCUT2D eigenvalue weighted by Gasteiger charge is -2.43. The Hall–Kier alpha value is -1.88. The van der Waals surface area contributed by atoms with Gasteiger partial charge in [0.15, 0.2) is 0 Å². The number of nitrogens with zero attached hydrogens (tertiary/aromatic N) is 1. The normalized spacial score (nSPS) is 24.9. The summed E-state index contributed by atoms with van der Waals surface area (Å²) in [7, 11) is 0. The van der Waals surface area contributed by atoms with Gasteiger partial charge in [-0.25, -0.2) is 9.59 Å². The summed E-state index contributed by atoms with van der Waals surface area (Å²) in [6.07, 6.45) is 0.992. The molecule has 5 heteroatoms. The number of benzene rings is 1. The van der Waals surface area contributed by atoms with Crippen molar-refractivity contribution in [2.24, 2.45) is 0 Å². The fraction of sp³-hybridized carbons (Fsp3) is 0.500. The summed E-state index contributed by atoms with van der Waals surface area (Å²) in [4.78, 5) is 25.7. The van der Waals surface area contributed by atoms with Gasteiger partial charge in [-0.05, 0) is 24.9 Å². The maximum absolute atomic E-state index is 12.1. The molecule has 21 heavy (non-hydrogen) atoms. The molecule has 2 N–H and O–H groups in total. The molecule has 0 aromatic heterocycles. The highest BCUT2D eigenvalue weighted by atomic mass is 16.4. The predicted molar refractivity (Wildman–Crippen MR) is 78.3 cm³/mol. The number of likely N-dealkylation sites (tertiary alicyclic amines) is 1. The molecule has 114 valence electrons. The van der Waals surface area contributed by atoms with Crippen molar-refractivity contribution in [3.05, 3.63) is 35.9 Å². The van der Waals surface area contributed by atoms with Crippen molar-refractivity contribution >= 4 is 11.9 Å². The highest BCUT2D eigenvalue weighted by Gasteiger charge is 2.68. The monoisotopic (exact) mass is 291 g/mol. The number of carboxylic acids is 2. The van der Waals surface area contributed by atoms with E-state index < -0.39 is 22.9 Å². The lowest BCUT2D eigenvalue weighted by Crippen LogP contribution is -2.66. The Kier molecular flexibility index (Phi) is 4.05. The first-order valence-electron chi connectivity index (χ1n) is 7.24. The smallest absolute Gasteiger partial charge is 0.336 e.